The average molecular weight is 296 g/mol. The second-order valence-electron chi connectivity index (χ2n) is 5.04. The monoisotopic (exact) mass is 295 g/mol. The topological polar surface area (TPSA) is 20.3 Å². The quantitative estimate of drug-likeness (QED) is 0.766. The third kappa shape index (κ3) is 2.25. The number of hydrogen-bond donors (Lipinski definition) is 0. The zero-order valence-electron chi connectivity index (χ0n) is 10.5. The summed E-state index contributed by atoms with van der Waals surface area (Å²) in [7, 11) is 0. The lowest BCUT2D eigenvalue weighted by Gasteiger charge is -2.26. The molecule has 0 radical (unpaired) electrons. The smallest absolute Gasteiger partial charge is 0.241 e. The van der Waals surface area contributed by atoms with E-state index in [1.165, 1.54) is 5.56 Å². The maximum atomic E-state index is 12.4. The van der Waals surface area contributed by atoms with Gasteiger partial charge in [-0.1, -0.05) is 48.0 Å². The first-order chi connectivity index (χ1) is 8.02. The Labute approximate surface area is 111 Å². The highest BCUT2D eigenvalue weighted by Gasteiger charge is 2.34. The summed E-state index contributed by atoms with van der Waals surface area (Å²) in [6.07, 6.45) is 0.958. The predicted octanol–water partition coefficient (Wildman–Crippen LogP) is 3.38. The number of alkyl halides is 1. The van der Waals surface area contributed by atoms with E-state index in [0.717, 1.165) is 12.1 Å². The molecule has 0 fully saturated rings. The highest BCUT2D eigenvalue weighted by atomic mass is 79.9. The lowest BCUT2D eigenvalue weighted by Crippen LogP contribution is -2.42. The van der Waals surface area contributed by atoms with E-state index in [9.17, 15) is 4.79 Å². The van der Waals surface area contributed by atoms with Crippen LogP contribution in [0.3, 0.4) is 0 Å². The Morgan fingerprint density at radius 1 is 1.41 bits per heavy atom. The largest absolute Gasteiger partial charge is 0.308 e. The van der Waals surface area contributed by atoms with Crippen LogP contribution < -0.4 is 4.90 Å². The molecule has 0 aromatic heterocycles. The molecular formula is C14H18BrNO. The van der Waals surface area contributed by atoms with E-state index in [1.54, 1.807) is 0 Å². The molecule has 0 aliphatic carbocycles. The summed E-state index contributed by atoms with van der Waals surface area (Å²) < 4.78 is 0. The molecule has 1 aromatic rings. The molecule has 1 aliphatic heterocycles. The number of rotatable bonds is 2. The van der Waals surface area contributed by atoms with Crippen LogP contribution >= 0.6 is 15.9 Å². The minimum atomic E-state index is -0.101. The van der Waals surface area contributed by atoms with E-state index in [2.05, 4.69) is 42.8 Å². The molecule has 1 aromatic carbocycles. The Morgan fingerprint density at radius 2 is 2.06 bits per heavy atom. The van der Waals surface area contributed by atoms with Crippen molar-refractivity contribution in [1.82, 2.24) is 0 Å². The summed E-state index contributed by atoms with van der Waals surface area (Å²) in [5, 5.41) is 0. The van der Waals surface area contributed by atoms with Crippen LogP contribution in [0, 0.1) is 5.92 Å². The fourth-order valence-electron chi connectivity index (χ4n) is 2.32. The highest BCUT2D eigenvalue weighted by Crippen LogP contribution is 2.33. The number of benzene rings is 1. The van der Waals surface area contributed by atoms with Crippen molar-refractivity contribution in [3.63, 3.8) is 0 Å². The van der Waals surface area contributed by atoms with Gasteiger partial charge in [-0.15, -0.1) is 0 Å². The molecule has 0 spiro atoms. The van der Waals surface area contributed by atoms with E-state index in [0.29, 0.717) is 5.92 Å². The molecule has 1 aliphatic rings. The molecule has 0 saturated carbocycles. The van der Waals surface area contributed by atoms with E-state index in [4.69, 9.17) is 0 Å². The molecule has 3 heteroatoms. The molecular weight excluding hydrogens is 278 g/mol. The molecule has 1 amide bonds. The van der Waals surface area contributed by atoms with Gasteiger partial charge in [-0.25, -0.2) is 0 Å². The summed E-state index contributed by atoms with van der Waals surface area (Å²) in [6.45, 7) is 6.23. The molecule has 2 nitrogen and oxygen atoms in total. The van der Waals surface area contributed by atoms with Crippen molar-refractivity contribution in [3.05, 3.63) is 29.8 Å². The molecule has 17 heavy (non-hydrogen) atoms. The number of hydrogen-bond acceptors (Lipinski definition) is 1. The first-order valence-electron chi connectivity index (χ1n) is 6.07. The van der Waals surface area contributed by atoms with E-state index < -0.39 is 0 Å². The molecule has 0 N–H and O–H groups in total. The maximum Gasteiger partial charge on any atom is 0.241 e. The zero-order valence-corrected chi connectivity index (χ0v) is 12.1. The predicted molar refractivity (Wildman–Crippen MR) is 74.6 cm³/mol. The zero-order chi connectivity index (χ0) is 12.6. The number of amides is 1. The lowest BCUT2D eigenvalue weighted by atomic mass is 10.1. The molecule has 92 valence electrons. The van der Waals surface area contributed by atoms with E-state index in [1.807, 2.05) is 23.1 Å². The Bertz CT molecular complexity index is 430. The second kappa shape index (κ2) is 4.81. The van der Waals surface area contributed by atoms with Crippen molar-refractivity contribution in [2.24, 2.45) is 5.92 Å². The van der Waals surface area contributed by atoms with Gasteiger partial charge in [0.2, 0.25) is 5.91 Å². The summed E-state index contributed by atoms with van der Waals surface area (Å²) in [4.78, 5) is 14.3. The Hall–Kier alpha value is -0.830. The van der Waals surface area contributed by atoms with Crippen molar-refractivity contribution in [3.8, 4) is 0 Å². The van der Waals surface area contributed by atoms with Gasteiger partial charge in [0.05, 0.1) is 4.83 Å². The standard InChI is InChI=1S/C14H18BrNO/c1-9(2)13(15)14(17)16-10(3)8-11-6-4-5-7-12(11)16/h4-7,9-10,13H,8H2,1-3H3/t10-,13-/m0/s1. The number of carbonyl (C=O) groups is 1. The number of para-hydroxylation sites is 1. The third-order valence-electron chi connectivity index (χ3n) is 3.27. The molecule has 2 atom stereocenters. The van der Waals surface area contributed by atoms with Crippen molar-refractivity contribution < 1.29 is 4.79 Å². The first-order valence-corrected chi connectivity index (χ1v) is 6.99. The van der Waals surface area contributed by atoms with Crippen molar-refractivity contribution in [2.45, 2.75) is 38.1 Å². The van der Waals surface area contributed by atoms with Crippen LogP contribution in [0.4, 0.5) is 5.69 Å². The summed E-state index contributed by atoms with van der Waals surface area (Å²) in [5.74, 6) is 0.486. The fraction of sp³-hybridized carbons (Fsp3) is 0.500. The molecule has 1 heterocycles. The van der Waals surface area contributed by atoms with Crippen LogP contribution in [0.2, 0.25) is 0 Å². The van der Waals surface area contributed by atoms with E-state index in [-0.39, 0.29) is 16.8 Å². The van der Waals surface area contributed by atoms with Crippen molar-refractivity contribution >= 4 is 27.5 Å². The summed E-state index contributed by atoms with van der Waals surface area (Å²) in [5.41, 5.74) is 2.35. The van der Waals surface area contributed by atoms with Crippen molar-refractivity contribution in [2.75, 3.05) is 4.90 Å². The summed E-state index contributed by atoms with van der Waals surface area (Å²) >= 11 is 3.51. The van der Waals surface area contributed by atoms with Gasteiger partial charge in [0.1, 0.15) is 0 Å². The maximum absolute atomic E-state index is 12.4. The van der Waals surface area contributed by atoms with Crippen LogP contribution in [0.1, 0.15) is 26.3 Å². The molecule has 2 rings (SSSR count). The number of nitrogens with zero attached hydrogens (tertiary/aromatic N) is 1. The van der Waals surface area contributed by atoms with Gasteiger partial charge in [0, 0.05) is 11.7 Å². The van der Waals surface area contributed by atoms with Crippen LogP contribution in [0.25, 0.3) is 0 Å². The lowest BCUT2D eigenvalue weighted by molar-refractivity contribution is -0.118. The average Bonchev–Trinajstić information content (AvgIpc) is 2.62. The number of halogens is 1. The van der Waals surface area contributed by atoms with Gasteiger partial charge in [-0.3, -0.25) is 4.79 Å². The van der Waals surface area contributed by atoms with Gasteiger partial charge in [0.25, 0.3) is 0 Å². The van der Waals surface area contributed by atoms with Crippen molar-refractivity contribution in [1.29, 1.82) is 0 Å². The fourth-order valence-corrected chi connectivity index (χ4v) is 2.54. The van der Waals surface area contributed by atoms with Crippen LogP contribution in [0.5, 0.6) is 0 Å². The molecule has 0 unspecified atom stereocenters. The van der Waals surface area contributed by atoms with Gasteiger partial charge in [-0.2, -0.15) is 0 Å². The van der Waals surface area contributed by atoms with Gasteiger partial charge >= 0.3 is 0 Å². The summed E-state index contributed by atoms with van der Waals surface area (Å²) in [6, 6.07) is 8.44. The SMILES string of the molecule is CC(C)[C@H](Br)C(=O)N1c2ccccc2C[C@@H]1C. The van der Waals surface area contributed by atoms with Crippen LogP contribution in [-0.2, 0) is 11.2 Å². The number of fused-ring (bicyclic) bond motifs is 1. The first kappa shape index (κ1) is 12.6. The number of carbonyl (C=O) groups excluding carboxylic acids is 1. The van der Waals surface area contributed by atoms with E-state index >= 15 is 0 Å². The van der Waals surface area contributed by atoms with Crippen LogP contribution in [0.15, 0.2) is 24.3 Å². The number of anilines is 1. The van der Waals surface area contributed by atoms with Gasteiger partial charge in [-0.05, 0) is 30.9 Å². The molecule has 0 saturated heterocycles. The second-order valence-corrected chi connectivity index (χ2v) is 6.02. The van der Waals surface area contributed by atoms with Gasteiger partial charge in [0.15, 0.2) is 0 Å². The van der Waals surface area contributed by atoms with Gasteiger partial charge < -0.3 is 4.90 Å². The minimum Gasteiger partial charge on any atom is -0.308 e. The Balaban J connectivity index is 2.30. The molecule has 0 bridgehead atoms. The minimum absolute atomic E-state index is 0.101. The van der Waals surface area contributed by atoms with Crippen LogP contribution in [-0.4, -0.2) is 16.8 Å². The highest BCUT2D eigenvalue weighted by molar-refractivity contribution is 9.10. The third-order valence-corrected chi connectivity index (χ3v) is 4.71. The normalized spacial score (nSPS) is 20.5. The Morgan fingerprint density at radius 3 is 2.71 bits per heavy atom. The Kier molecular flexibility index (Phi) is 3.57.